The van der Waals surface area contributed by atoms with Crippen LogP contribution in [0.1, 0.15) is 5.56 Å². The normalized spacial score (nSPS) is 13.4. The molecule has 5 nitrogen and oxygen atoms in total. The molecule has 92 valence electrons. The first-order chi connectivity index (χ1) is 8.86. The fourth-order valence-electron chi connectivity index (χ4n) is 1.79. The van der Waals surface area contributed by atoms with Gasteiger partial charge in [0.15, 0.2) is 17.3 Å². The van der Waals surface area contributed by atoms with Crippen LogP contribution < -0.4 is 15.2 Å². The van der Waals surface area contributed by atoms with Crippen LogP contribution in [0.3, 0.4) is 0 Å². The third-order valence-corrected chi connectivity index (χ3v) is 2.74. The summed E-state index contributed by atoms with van der Waals surface area (Å²) in [6.07, 6.45) is 3.47. The fourth-order valence-corrected chi connectivity index (χ4v) is 1.79. The molecule has 0 bridgehead atoms. The van der Waals surface area contributed by atoms with Crippen molar-refractivity contribution in [1.82, 2.24) is 9.97 Å². The molecule has 18 heavy (non-hydrogen) atoms. The zero-order valence-corrected chi connectivity index (χ0v) is 9.80. The third kappa shape index (κ3) is 2.00. The van der Waals surface area contributed by atoms with Gasteiger partial charge in [-0.15, -0.1) is 0 Å². The van der Waals surface area contributed by atoms with Crippen LogP contribution in [0.25, 0.3) is 11.4 Å². The second kappa shape index (κ2) is 4.62. The van der Waals surface area contributed by atoms with Crippen molar-refractivity contribution in [2.75, 3.05) is 13.2 Å². The van der Waals surface area contributed by atoms with Gasteiger partial charge in [-0.05, 0) is 18.2 Å². The van der Waals surface area contributed by atoms with Crippen LogP contribution >= 0.6 is 0 Å². The first kappa shape index (κ1) is 11.0. The Morgan fingerprint density at radius 1 is 1.06 bits per heavy atom. The van der Waals surface area contributed by atoms with Crippen molar-refractivity contribution < 1.29 is 9.47 Å². The van der Waals surface area contributed by atoms with Crippen molar-refractivity contribution in [2.24, 2.45) is 5.73 Å². The zero-order valence-electron chi connectivity index (χ0n) is 9.80. The lowest BCUT2D eigenvalue weighted by Gasteiger charge is -2.18. The summed E-state index contributed by atoms with van der Waals surface area (Å²) < 4.78 is 11.0. The van der Waals surface area contributed by atoms with Gasteiger partial charge in [-0.2, -0.15) is 0 Å². The van der Waals surface area contributed by atoms with E-state index in [4.69, 9.17) is 15.2 Å². The lowest BCUT2D eigenvalue weighted by atomic mass is 10.2. The highest BCUT2D eigenvalue weighted by Crippen LogP contribution is 2.33. The molecule has 1 aromatic carbocycles. The zero-order chi connectivity index (χ0) is 12.4. The standard InChI is InChI=1S/C13H13N3O2/c14-6-9-7-15-13(16-8-9)10-1-2-11-12(5-10)18-4-3-17-11/h1-2,5,7-8H,3-4,6,14H2. The topological polar surface area (TPSA) is 70.3 Å². The summed E-state index contributed by atoms with van der Waals surface area (Å²) in [4.78, 5) is 8.56. The van der Waals surface area contributed by atoms with Crippen molar-refractivity contribution in [3.8, 4) is 22.9 Å². The molecule has 0 fully saturated rings. The first-order valence-electron chi connectivity index (χ1n) is 5.78. The van der Waals surface area contributed by atoms with Gasteiger partial charge in [0.25, 0.3) is 0 Å². The Morgan fingerprint density at radius 3 is 2.50 bits per heavy atom. The van der Waals surface area contributed by atoms with Crippen LogP contribution in [0, 0.1) is 0 Å². The molecular weight excluding hydrogens is 230 g/mol. The van der Waals surface area contributed by atoms with Crippen LogP contribution in [-0.4, -0.2) is 23.2 Å². The number of hydrogen-bond acceptors (Lipinski definition) is 5. The predicted octanol–water partition coefficient (Wildman–Crippen LogP) is 1.37. The Bertz CT molecular complexity index is 555. The molecule has 0 saturated carbocycles. The minimum absolute atomic E-state index is 0.446. The number of fused-ring (bicyclic) bond motifs is 1. The quantitative estimate of drug-likeness (QED) is 0.862. The highest BCUT2D eigenvalue weighted by molar-refractivity contribution is 5.61. The monoisotopic (exact) mass is 243 g/mol. The van der Waals surface area contributed by atoms with Gasteiger partial charge >= 0.3 is 0 Å². The van der Waals surface area contributed by atoms with E-state index >= 15 is 0 Å². The van der Waals surface area contributed by atoms with E-state index in [0.29, 0.717) is 25.6 Å². The molecule has 5 heteroatoms. The fraction of sp³-hybridized carbons (Fsp3) is 0.231. The Kier molecular flexibility index (Phi) is 2.82. The van der Waals surface area contributed by atoms with Crippen LogP contribution in [0.5, 0.6) is 11.5 Å². The Hall–Kier alpha value is -2.14. The number of hydrogen-bond donors (Lipinski definition) is 1. The van der Waals surface area contributed by atoms with E-state index in [9.17, 15) is 0 Å². The number of rotatable bonds is 2. The average Bonchev–Trinajstić information content (AvgIpc) is 2.47. The van der Waals surface area contributed by atoms with Gasteiger partial charge in [-0.3, -0.25) is 0 Å². The molecule has 0 spiro atoms. The molecular formula is C13H13N3O2. The highest BCUT2D eigenvalue weighted by Gasteiger charge is 2.13. The van der Waals surface area contributed by atoms with Crippen molar-refractivity contribution in [2.45, 2.75) is 6.54 Å². The van der Waals surface area contributed by atoms with E-state index in [1.54, 1.807) is 12.4 Å². The van der Waals surface area contributed by atoms with E-state index in [-0.39, 0.29) is 0 Å². The molecule has 0 radical (unpaired) electrons. The number of aromatic nitrogens is 2. The van der Waals surface area contributed by atoms with Gasteiger partial charge < -0.3 is 15.2 Å². The van der Waals surface area contributed by atoms with E-state index in [1.807, 2.05) is 18.2 Å². The summed E-state index contributed by atoms with van der Waals surface area (Å²) in [5.41, 5.74) is 7.33. The van der Waals surface area contributed by atoms with Crippen molar-refractivity contribution in [3.63, 3.8) is 0 Å². The number of nitrogens with two attached hydrogens (primary N) is 1. The van der Waals surface area contributed by atoms with Crippen LogP contribution in [-0.2, 0) is 6.54 Å². The second-order valence-electron chi connectivity index (χ2n) is 3.98. The predicted molar refractivity (Wildman–Crippen MR) is 66.3 cm³/mol. The molecule has 2 aromatic rings. The lowest BCUT2D eigenvalue weighted by Crippen LogP contribution is -2.15. The first-order valence-corrected chi connectivity index (χ1v) is 5.78. The molecule has 0 saturated heterocycles. The number of nitrogens with zero attached hydrogens (tertiary/aromatic N) is 2. The van der Waals surface area contributed by atoms with Gasteiger partial charge in [0, 0.05) is 30.1 Å². The maximum Gasteiger partial charge on any atom is 0.162 e. The average molecular weight is 243 g/mol. The molecule has 0 atom stereocenters. The van der Waals surface area contributed by atoms with Crippen LogP contribution in [0.4, 0.5) is 0 Å². The largest absolute Gasteiger partial charge is 0.486 e. The molecule has 1 aromatic heterocycles. The maximum atomic E-state index is 5.53. The van der Waals surface area contributed by atoms with Crippen molar-refractivity contribution in [1.29, 1.82) is 0 Å². The summed E-state index contributed by atoms with van der Waals surface area (Å²) >= 11 is 0. The van der Waals surface area contributed by atoms with Crippen molar-refractivity contribution >= 4 is 0 Å². The number of ether oxygens (including phenoxy) is 2. The molecule has 1 aliphatic rings. The minimum Gasteiger partial charge on any atom is -0.486 e. The molecule has 3 rings (SSSR count). The summed E-state index contributed by atoms with van der Waals surface area (Å²) in [6.45, 7) is 1.61. The van der Waals surface area contributed by atoms with Gasteiger partial charge in [0.2, 0.25) is 0 Å². The molecule has 1 aliphatic heterocycles. The Morgan fingerprint density at radius 2 is 1.78 bits per heavy atom. The molecule has 2 heterocycles. The maximum absolute atomic E-state index is 5.53. The van der Waals surface area contributed by atoms with Gasteiger partial charge in [-0.25, -0.2) is 9.97 Å². The summed E-state index contributed by atoms with van der Waals surface area (Å²) in [5, 5.41) is 0. The SMILES string of the molecule is NCc1cnc(-c2ccc3c(c2)OCCO3)nc1. The van der Waals surface area contributed by atoms with Gasteiger partial charge in [0.1, 0.15) is 13.2 Å². The number of benzene rings is 1. The second-order valence-corrected chi connectivity index (χ2v) is 3.98. The smallest absolute Gasteiger partial charge is 0.162 e. The summed E-state index contributed by atoms with van der Waals surface area (Å²) in [7, 11) is 0. The Labute approximate surface area is 105 Å². The molecule has 0 unspecified atom stereocenters. The van der Waals surface area contributed by atoms with E-state index < -0.39 is 0 Å². The van der Waals surface area contributed by atoms with Gasteiger partial charge in [0.05, 0.1) is 0 Å². The van der Waals surface area contributed by atoms with Crippen LogP contribution in [0.15, 0.2) is 30.6 Å². The third-order valence-electron chi connectivity index (χ3n) is 2.74. The van der Waals surface area contributed by atoms with Gasteiger partial charge in [-0.1, -0.05) is 0 Å². The van der Waals surface area contributed by atoms with E-state index in [1.165, 1.54) is 0 Å². The molecule has 2 N–H and O–H groups in total. The van der Waals surface area contributed by atoms with Crippen molar-refractivity contribution in [3.05, 3.63) is 36.2 Å². The molecule has 0 amide bonds. The summed E-state index contributed by atoms with van der Waals surface area (Å²) in [6, 6.07) is 5.70. The van der Waals surface area contributed by atoms with Crippen LogP contribution in [0.2, 0.25) is 0 Å². The van der Waals surface area contributed by atoms with E-state index in [2.05, 4.69) is 9.97 Å². The summed E-state index contributed by atoms with van der Waals surface area (Å²) in [5.74, 6) is 2.16. The highest BCUT2D eigenvalue weighted by atomic mass is 16.6. The van der Waals surface area contributed by atoms with E-state index in [0.717, 1.165) is 22.6 Å². The minimum atomic E-state index is 0.446. The molecule has 0 aliphatic carbocycles. The lowest BCUT2D eigenvalue weighted by molar-refractivity contribution is 0.171. The Balaban J connectivity index is 1.95.